The van der Waals surface area contributed by atoms with Crippen molar-refractivity contribution in [2.45, 2.75) is 46.6 Å². The number of nitrogens with zero attached hydrogens (tertiary/aromatic N) is 3. The Hall–Kier alpha value is -2.17. The molecule has 2 aromatic rings. The van der Waals surface area contributed by atoms with E-state index in [0.717, 1.165) is 42.2 Å². The molecule has 0 aliphatic carbocycles. The fourth-order valence-corrected chi connectivity index (χ4v) is 3.08. The molecule has 0 bridgehead atoms. The summed E-state index contributed by atoms with van der Waals surface area (Å²) in [4.78, 5) is 19.5. The van der Waals surface area contributed by atoms with Crippen LogP contribution in [0.2, 0.25) is 0 Å². The summed E-state index contributed by atoms with van der Waals surface area (Å²) in [5.41, 5.74) is 3.30. The highest BCUT2D eigenvalue weighted by atomic mass is 16.2. The number of carbonyl (C=O) groups excluding carboxylic acids is 1. The van der Waals surface area contributed by atoms with Gasteiger partial charge in [0.15, 0.2) is 0 Å². The SMILES string of the molecule is Cc1cc(-c2cccc([C@H]3CCCN3C(=O)C(C)(C)C)n2)n[nH]1. The summed E-state index contributed by atoms with van der Waals surface area (Å²) in [5.74, 6) is 0.197. The molecule has 1 atom stereocenters. The van der Waals surface area contributed by atoms with Crippen LogP contribution >= 0.6 is 0 Å². The molecule has 1 amide bonds. The molecule has 0 unspecified atom stereocenters. The molecule has 1 aliphatic heterocycles. The first-order chi connectivity index (χ1) is 10.9. The average Bonchev–Trinajstić information content (AvgIpc) is 3.14. The number of nitrogens with one attached hydrogen (secondary N) is 1. The van der Waals surface area contributed by atoms with Crippen LogP contribution in [0.5, 0.6) is 0 Å². The van der Waals surface area contributed by atoms with Crippen LogP contribution in [0.1, 0.15) is 51.0 Å². The number of hydrogen-bond donors (Lipinski definition) is 1. The van der Waals surface area contributed by atoms with E-state index in [1.54, 1.807) is 0 Å². The fraction of sp³-hybridized carbons (Fsp3) is 0.500. The van der Waals surface area contributed by atoms with Gasteiger partial charge in [0.25, 0.3) is 0 Å². The van der Waals surface area contributed by atoms with Gasteiger partial charge in [-0.3, -0.25) is 9.89 Å². The molecule has 1 N–H and O–H groups in total. The minimum absolute atomic E-state index is 0.0710. The molecular formula is C18H24N4O. The van der Waals surface area contributed by atoms with E-state index in [0.29, 0.717) is 0 Å². The van der Waals surface area contributed by atoms with Crippen molar-refractivity contribution in [3.63, 3.8) is 0 Å². The second-order valence-electron chi connectivity index (χ2n) is 7.29. The highest BCUT2D eigenvalue weighted by Gasteiger charge is 2.36. The standard InChI is InChI=1S/C18H24N4O/c1-12-11-15(21-20-12)13-7-5-8-14(19-13)16-9-6-10-22(16)17(23)18(2,3)4/h5,7-8,11,16H,6,9-10H2,1-4H3,(H,20,21)/t16-/m1/s1. The highest BCUT2D eigenvalue weighted by molar-refractivity contribution is 5.82. The van der Waals surface area contributed by atoms with Gasteiger partial charge in [0.2, 0.25) is 5.91 Å². The smallest absolute Gasteiger partial charge is 0.228 e. The number of H-pyrrole nitrogens is 1. The first-order valence-corrected chi connectivity index (χ1v) is 8.16. The Morgan fingerprint density at radius 1 is 1.30 bits per heavy atom. The van der Waals surface area contributed by atoms with Crippen molar-refractivity contribution in [2.24, 2.45) is 5.41 Å². The molecule has 1 fully saturated rings. The summed E-state index contributed by atoms with van der Waals surface area (Å²) >= 11 is 0. The largest absolute Gasteiger partial charge is 0.334 e. The normalized spacial score (nSPS) is 18.4. The van der Waals surface area contributed by atoms with Crippen molar-refractivity contribution in [1.29, 1.82) is 0 Å². The van der Waals surface area contributed by atoms with Crippen molar-refractivity contribution in [1.82, 2.24) is 20.1 Å². The maximum absolute atomic E-state index is 12.7. The van der Waals surface area contributed by atoms with E-state index >= 15 is 0 Å². The number of aryl methyl sites for hydroxylation is 1. The van der Waals surface area contributed by atoms with Crippen molar-refractivity contribution in [3.05, 3.63) is 35.7 Å². The number of aromatic nitrogens is 3. The Labute approximate surface area is 137 Å². The van der Waals surface area contributed by atoms with E-state index in [4.69, 9.17) is 4.98 Å². The number of pyridine rings is 1. The highest BCUT2D eigenvalue weighted by Crippen LogP contribution is 2.35. The number of amides is 1. The van der Waals surface area contributed by atoms with Gasteiger partial charge < -0.3 is 4.90 Å². The third kappa shape index (κ3) is 3.14. The topological polar surface area (TPSA) is 61.9 Å². The van der Waals surface area contributed by atoms with Crippen LogP contribution in [0.3, 0.4) is 0 Å². The Morgan fingerprint density at radius 2 is 2.09 bits per heavy atom. The summed E-state index contributed by atoms with van der Waals surface area (Å²) in [6.07, 6.45) is 2.00. The Morgan fingerprint density at radius 3 is 2.74 bits per heavy atom. The zero-order valence-corrected chi connectivity index (χ0v) is 14.3. The van der Waals surface area contributed by atoms with Gasteiger partial charge in [0.1, 0.15) is 5.69 Å². The molecule has 23 heavy (non-hydrogen) atoms. The van der Waals surface area contributed by atoms with Crippen LogP contribution in [0.25, 0.3) is 11.4 Å². The second kappa shape index (κ2) is 5.80. The van der Waals surface area contributed by atoms with E-state index in [2.05, 4.69) is 10.2 Å². The van der Waals surface area contributed by atoms with E-state index in [9.17, 15) is 4.79 Å². The van der Waals surface area contributed by atoms with Crippen molar-refractivity contribution in [3.8, 4) is 11.4 Å². The van der Waals surface area contributed by atoms with Gasteiger partial charge in [0, 0.05) is 17.7 Å². The molecule has 5 heteroatoms. The molecule has 122 valence electrons. The first kappa shape index (κ1) is 15.7. The molecule has 3 rings (SSSR count). The minimum Gasteiger partial charge on any atom is -0.334 e. The number of carbonyl (C=O) groups is 1. The predicted octanol–water partition coefficient (Wildman–Crippen LogP) is 3.49. The molecule has 0 aromatic carbocycles. The molecular weight excluding hydrogens is 288 g/mol. The molecule has 3 heterocycles. The lowest BCUT2D eigenvalue weighted by molar-refractivity contribution is -0.140. The van der Waals surface area contributed by atoms with Crippen molar-refractivity contribution >= 4 is 5.91 Å². The lowest BCUT2D eigenvalue weighted by Crippen LogP contribution is -2.39. The average molecular weight is 312 g/mol. The van der Waals surface area contributed by atoms with Crippen LogP contribution in [-0.2, 0) is 4.79 Å². The van der Waals surface area contributed by atoms with Crippen LogP contribution < -0.4 is 0 Å². The third-order valence-corrected chi connectivity index (χ3v) is 4.24. The van der Waals surface area contributed by atoms with Crippen molar-refractivity contribution < 1.29 is 4.79 Å². The molecule has 0 radical (unpaired) electrons. The van der Waals surface area contributed by atoms with E-state index in [1.165, 1.54) is 0 Å². The number of hydrogen-bond acceptors (Lipinski definition) is 3. The maximum atomic E-state index is 12.7. The first-order valence-electron chi connectivity index (χ1n) is 8.16. The number of likely N-dealkylation sites (tertiary alicyclic amines) is 1. The molecule has 5 nitrogen and oxygen atoms in total. The molecule has 0 saturated carbocycles. The fourth-order valence-electron chi connectivity index (χ4n) is 3.08. The van der Waals surface area contributed by atoms with Crippen LogP contribution in [-0.4, -0.2) is 32.5 Å². The van der Waals surface area contributed by atoms with Gasteiger partial charge in [-0.1, -0.05) is 26.8 Å². The summed E-state index contributed by atoms with van der Waals surface area (Å²) < 4.78 is 0. The summed E-state index contributed by atoms with van der Waals surface area (Å²) in [6, 6.07) is 8.03. The van der Waals surface area contributed by atoms with Gasteiger partial charge in [-0.25, -0.2) is 4.98 Å². The zero-order valence-electron chi connectivity index (χ0n) is 14.3. The molecule has 1 aliphatic rings. The number of rotatable bonds is 2. The van der Waals surface area contributed by atoms with Crippen LogP contribution in [0.4, 0.5) is 0 Å². The lowest BCUT2D eigenvalue weighted by atomic mass is 9.94. The summed E-state index contributed by atoms with van der Waals surface area (Å²) in [7, 11) is 0. The van der Waals surface area contributed by atoms with E-state index in [1.807, 2.05) is 56.9 Å². The Bertz CT molecular complexity index is 714. The van der Waals surface area contributed by atoms with Crippen LogP contribution in [0.15, 0.2) is 24.3 Å². The predicted molar refractivity (Wildman–Crippen MR) is 89.7 cm³/mol. The van der Waals surface area contributed by atoms with Crippen LogP contribution in [0, 0.1) is 12.3 Å². The quantitative estimate of drug-likeness (QED) is 0.923. The van der Waals surface area contributed by atoms with E-state index < -0.39 is 0 Å². The Balaban J connectivity index is 1.90. The monoisotopic (exact) mass is 312 g/mol. The second-order valence-corrected chi connectivity index (χ2v) is 7.29. The summed E-state index contributed by atoms with van der Waals surface area (Å²) in [5, 5.41) is 7.23. The van der Waals surface area contributed by atoms with Crippen molar-refractivity contribution in [2.75, 3.05) is 6.54 Å². The molecule has 0 spiro atoms. The Kier molecular flexibility index (Phi) is 3.96. The third-order valence-electron chi connectivity index (χ3n) is 4.24. The van der Waals surface area contributed by atoms with Gasteiger partial charge in [0.05, 0.1) is 17.4 Å². The zero-order chi connectivity index (χ0) is 16.6. The number of aromatic amines is 1. The lowest BCUT2D eigenvalue weighted by Gasteiger charge is -2.30. The van der Waals surface area contributed by atoms with E-state index in [-0.39, 0.29) is 17.4 Å². The van der Waals surface area contributed by atoms with Gasteiger partial charge in [-0.2, -0.15) is 5.10 Å². The maximum Gasteiger partial charge on any atom is 0.228 e. The molecule has 1 saturated heterocycles. The minimum atomic E-state index is -0.362. The van der Waals surface area contributed by atoms with Gasteiger partial charge in [-0.05, 0) is 38.0 Å². The van der Waals surface area contributed by atoms with Gasteiger partial charge in [-0.15, -0.1) is 0 Å². The van der Waals surface area contributed by atoms with Gasteiger partial charge >= 0.3 is 0 Å². The molecule has 2 aromatic heterocycles. The summed E-state index contributed by atoms with van der Waals surface area (Å²) in [6.45, 7) is 8.71.